The number of alkyl halides is 3. The van der Waals surface area contributed by atoms with Gasteiger partial charge in [0.05, 0.1) is 12.7 Å². The third-order valence-corrected chi connectivity index (χ3v) is 3.71. The maximum absolute atomic E-state index is 12.6. The van der Waals surface area contributed by atoms with Gasteiger partial charge in [-0.25, -0.2) is 4.79 Å². The summed E-state index contributed by atoms with van der Waals surface area (Å²) in [6.07, 6.45) is -0.00824. The Morgan fingerprint density at radius 3 is 2.43 bits per heavy atom. The van der Waals surface area contributed by atoms with Crippen LogP contribution in [0, 0.1) is 0 Å². The van der Waals surface area contributed by atoms with E-state index < -0.39 is 12.3 Å². The Kier molecular flexibility index (Phi) is 4.75. The Balaban J connectivity index is 2.35. The van der Waals surface area contributed by atoms with Gasteiger partial charge in [-0.1, -0.05) is 25.3 Å². The van der Waals surface area contributed by atoms with E-state index in [2.05, 4.69) is 9.47 Å². The second kappa shape index (κ2) is 6.37. The number of benzene rings is 1. The van der Waals surface area contributed by atoms with Crippen molar-refractivity contribution in [2.24, 2.45) is 0 Å². The first-order valence-electron chi connectivity index (χ1n) is 6.88. The highest BCUT2D eigenvalue weighted by Crippen LogP contribution is 2.39. The number of methoxy groups -OCH3 is 1. The van der Waals surface area contributed by atoms with Crippen LogP contribution in [0.25, 0.3) is 0 Å². The Labute approximate surface area is 121 Å². The predicted octanol–water partition coefficient (Wildman–Crippen LogP) is 4.42. The monoisotopic (exact) mass is 302 g/mol. The molecule has 0 amide bonds. The van der Waals surface area contributed by atoms with E-state index in [-0.39, 0.29) is 17.2 Å². The van der Waals surface area contributed by atoms with E-state index in [1.54, 1.807) is 6.07 Å². The lowest BCUT2D eigenvalue weighted by Crippen LogP contribution is -2.19. The topological polar surface area (TPSA) is 35.5 Å². The molecule has 21 heavy (non-hydrogen) atoms. The van der Waals surface area contributed by atoms with Crippen LogP contribution in [-0.2, 0) is 4.74 Å². The Morgan fingerprint density at radius 2 is 1.86 bits per heavy atom. The molecule has 0 aliphatic heterocycles. The molecule has 1 aliphatic rings. The van der Waals surface area contributed by atoms with Gasteiger partial charge in [0.1, 0.15) is 5.75 Å². The summed E-state index contributed by atoms with van der Waals surface area (Å²) in [7, 11) is 1.18. The minimum atomic E-state index is -4.78. The van der Waals surface area contributed by atoms with Crippen LogP contribution in [0.4, 0.5) is 13.2 Å². The number of carbonyl (C=O) groups is 1. The van der Waals surface area contributed by atoms with E-state index in [1.165, 1.54) is 13.2 Å². The third kappa shape index (κ3) is 4.12. The molecule has 0 atom stereocenters. The van der Waals surface area contributed by atoms with Crippen molar-refractivity contribution in [2.75, 3.05) is 7.11 Å². The van der Waals surface area contributed by atoms with Crippen molar-refractivity contribution in [3.63, 3.8) is 0 Å². The second-order valence-corrected chi connectivity index (χ2v) is 5.13. The number of hydrogen-bond donors (Lipinski definition) is 0. The van der Waals surface area contributed by atoms with Gasteiger partial charge in [-0.05, 0) is 36.5 Å². The Bertz CT molecular complexity index is 505. The Morgan fingerprint density at radius 1 is 1.19 bits per heavy atom. The molecular weight excluding hydrogens is 285 g/mol. The summed E-state index contributed by atoms with van der Waals surface area (Å²) in [6.45, 7) is 0. The van der Waals surface area contributed by atoms with Gasteiger partial charge in [-0.15, -0.1) is 13.2 Å². The molecule has 0 heterocycles. The highest BCUT2D eigenvalue weighted by molar-refractivity contribution is 5.90. The molecule has 1 fully saturated rings. The minimum Gasteiger partial charge on any atom is -0.465 e. The summed E-state index contributed by atoms with van der Waals surface area (Å²) in [4.78, 5) is 11.5. The molecule has 1 aromatic rings. The SMILES string of the molecule is COC(=O)c1ccc(C2CCCCC2)c(OC(F)(F)F)c1. The van der Waals surface area contributed by atoms with Gasteiger partial charge in [-0.2, -0.15) is 0 Å². The van der Waals surface area contributed by atoms with E-state index in [1.807, 2.05) is 0 Å². The van der Waals surface area contributed by atoms with Crippen molar-refractivity contribution in [3.8, 4) is 5.75 Å². The summed E-state index contributed by atoms with van der Waals surface area (Å²) in [5.74, 6) is -0.933. The van der Waals surface area contributed by atoms with E-state index in [4.69, 9.17) is 0 Å². The van der Waals surface area contributed by atoms with Crippen molar-refractivity contribution in [3.05, 3.63) is 29.3 Å². The summed E-state index contributed by atoms with van der Waals surface area (Å²) in [5, 5.41) is 0. The normalized spacial score (nSPS) is 16.6. The molecule has 116 valence electrons. The summed E-state index contributed by atoms with van der Waals surface area (Å²) in [6, 6.07) is 4.14. The third-order valence-electron chi connectivity index (χ3n) is 3.71. The average molecular weight is 302 g/mol. The van der Waals surface area contributed by atoms with Crippen LogP contribution < -0.4 is 4.74 Å². The quantitative estimate of drug-likeness (QED) is 0.775. The van der Waals surface area contributed by atoms with Crippen LogP contribution in [0.2, 0.25) is 0 Å². The van der Waals surface area contributed by atoms with Gasteiger partial charge in [0, 0.05) is 0 Å². The molecule has 0 spiro atoms. The fourth-order valence-electron chi connectivity index (χ4n) is 2.74. The fraction of sp³-hybridized carbons (Fsp3) is 0.533. The smallest absolute Gasteiger partial charge is 0.465 e. The zero-order chi connectivity index (χ0) is 15.5. The molecule has 0 N–H and O–H groups in total. The van der Waals surface area contributed by atoms with Crippen molar-refractivity contribution < 1.29 is 27.4 Å². The zero-order valence-corrected chi connectivity index (χ0v) is 11.7. The number of esters is 1. The molecule has 3 nitrogen and oxygen atoms in total. The number of ether oxygens (including phenoxy) is 2. The summed E-state index contributed by atoms with van der Waals surface area (Å²) < 4.78 is 46.3. The lowest BCUT2D eigenvalue weighted by molar-refractivity contribution is -0.275. The molecule has 0 saturated heterocycles. The largest absolute Gasteiger partial charge is 0.573 e. The number of carbonyl (C=O) groups excluding carboxylic acids is 1. The molecule has 1 aliphatic carbocycles. The first-order valence-corrected chi connectivity index (χ1v) is 6.88. The predicted molar refractivity (Wildman–Crippen MR) is 70.3 cm³/mol. The molecule has 1 saturated carbocycles. The van der Waals surface area contributed by atoms with Crippen LogP contribution in [0.5, 0.6) is 5.75 Å². The minimum absolute atomic E-state index is 0.0443. The summed E-state index contributed by atoms with van der Waals surface area (Å²) >= 11 is 0. The number of rotatable bonds is 3. The van der Waals surface area contributed by atoms with E-state index >= 15 is 0 Å². The van der Waals surface area contributed by atoms with Crippen LogP contribution in [0.3, 0.4) is 0 Å². The van der Waals surface area contributed by atoms with Gasteiger partial charge >= 0.3 is 12.3 Å². The molecular formula is C15H17F3O3. The van der Waals surface area contributed by atoms with Gasteiger partial charge < -0.3 is 9.47 Å². The number of hydrogen-bond acceptors (Lipinski definition) is 3. The van der Waals surface area contributed by atoms with E-state index in [0.717, 1.165) is 38.2 Å². The van der Waals surface area contributed by atoms with Gasteiger partial charge in [0.15, 0.2) is 0 Å². The first kappa shape index (κ1) is 15.7. The molecule has 2 rings (SSSR count). The van der Waals surface area contributed by atoms with Crippen LogP contribution in [0.15, 0.2) is 18.2 Å². The summed E-state index contributed by atoms with van der Waals surface area (Å²) in [5.41, 5.74) is 0.566. The maximum Gasteiger partial charge on any atom is 0.573 e. The van der Waals surface area contributed by atoms with Crippen LogP contribution >= 0.6 is 0 Å². The first-order chi connectivity index (χ1) is 9.90. The Hall–Kier alpha value is -1.72. The molecule has 0 radical (unpaired) electrons. The average Bonchev–Trinajstić information content (AvgIpc) is 2.45. The molecule has 6 heteroatoms. The van der Waals surface area contributed by atoms with Crippen LogP contribution in [0.1, 0.15) is 53.9 Å². The fourth-order valence-corrected chi connectivity index (χ4v) is 2.74. The molecule has 1 aromatic carbocycles. The van der Waals surface area contributed by atoms with Crippen molar-refractivity contribution in [1.29, 1.82) is 0 Å². The van der Waals surface area contributed by atoms with Crippen LogP contribution in [-0.4, -0.2) is 19.4 Å². The maximum atomic E-state index is 12.6. The van der Waals surface area contributed by atoms with Gasteiger partial charge in [0.25, 0.3) is 0 Å². The molecule has 0 unspecified atom stereocenters. The highest BCUT2D eigenvalue weighted by Gasteiger charge is 2.33. The lowest BCUT2D eigenvalue weighted by atomic mass is 9.83. The standard InChI is InChI=1S/C15H17F3O3/c1-20-14(19)11-7-8-12(10-5-3-2-4-6-10)13(9-11)21-15(16,17)18/h7-10H,2-6H2,1H3. The second-order valence-electron chi connectivity index (χ2n) is 5.13. The van der Waals surface area contributed by atoms with Gasteiger partial charge in [-0.3, -0.25) is 0 Å². The van der Waals surface area contributed by atoms with E-state index in [0.29, 0.717) is 5.56 Å². The lowest BCUT2D eigenvalue weighted by Gasteiger charge is -2.24. The number of halogens is 3. The van der Waals surface area contributed by atoms with E-state index in [9.17, 15) is 18.0 Å². The van der Waals surface area contributed by atoms with Gasteiger partial charge in [0.2, 0.25) is 0 Å². The van der Waals surface area contributed by atoms with Crippen molar-refractivity contribution in [2.45, 2.75) is 44.4 Å². The van der Waals surface area contributed by atoms with Crippen molar-refractivity contribution in [1.82, 2.24) is 0 Å². The molecule has 0 bridgehead atoms. The highest BCUT2D eigenvalue weighted by atomic mass is 19.4. The van der Waals surface area contributed by atoms with Crippen molar-refractivity contribution >= 4 is 5.97 Å². The zero-order valence-electron chi connectivity index (χ0n) is 11.7. The molecule has 0 aromatic heterocycles.